The van der Waals surface area contributed by atoms with Crippen LogP contribution in [0.3, 0.4) is 0 Å². The van der Waals surface area contributed by atoms with E-state index in [0.717, 1.165) is 0 Å². The number of fused-ring (bicyclic) bond motifs is 2. The molecule has 0 saturated heterocycles. The summed E-state index contributed by atoms with van der Waals surface area (Å²) in [5.74, 6) is -0.196. The highest BCUT2D eigenvalue weighted by Crippen LogP contribution is 2.37. The Morgan fingerprint density at radius 1 is 1.25 bits per heavy atom. The molecule has 1 aliphatic rings. The van der Waals surface area contributed by atoms with Crippen molar-refractivity contribution in [2.24, 2.45) is 15.9 Å². The number of oxime groups is 1. The van der Waals surface area contributed by atoms with E-state index in [-0.39, 0.29) is 47.5 Å². The Bertz CT molecular complexity index is 1160. The molecule has 3 aromatic rings. The van der Waals surface area contributed by atoms with Gasteiger partial charge < -0.3 is 25.8 Å². The summed E-state index contributed by atoms with van der Waals surface area (Å²) in [6.07, 6.45) is 0. The van der Waals surface area contributed by atoms with Gasteiger partial charge in [0.2, 0.25) is 0 Å². The Hall–Kier alpha value is -3.92. The van der Waals surface area contributed by atoms with Crippen LogP contribution in [0, 0.1) is 10.1 Å². The van der Waals surface area contributed by atoms with Gasteiger partial charge in [-0.3, -0.25) is 10.1 Å². The van der Waals surface area contributed by atoms with Crippen molar-refractivity contribution in [2.45, 2.75) is 0 Å². The van der Waals surface area contributed by atoms with Gasteiger partial charge in [-0.25, -0.2) is 4.99 Å². The highest BCUT2D eigenvalue weighted by molar-refractivity contribution is 6.58. The van der Waals surface area contributed by atoms with Crippen molar-refractivity contribution >= 4 is 33.7 Å². The topological polar surface area (TPSA) is 159 Å². The Balaban J connectivity index is 1.92. The van der Waals surface area contributed by atoms with E-state index in [1.165, 1.54) is 30.3 Å². The predicted octanol–water partition coefficient (Wildman–Crippen LogP) is 2.30. The first-order valence-corrected chi connectivity index (χ1v) is 8.31. The van der Waals surface area contributed by atoms with Crippen LogP contribution in [0.4, 0.5) is 11.4 Å². The number of hydrogen-bond acceptors (Lipinski definition) is 8. The van der Waals surface area contributed by atoms with E-state index in [1.54, 1.807) is 6.07 Å². The van der Waals surface area contributed by atoms with E-state index in [0.29, 0.717) is 22.2 Å². The molecule has 5 N–H and O–H groups in total. The molecule has 142 valence electrons. The van der Waals surface area contributed by atoms with Crippen LogP contribution < -0.4 is 5.73 Å². The molecule has 10 heteroatoms. The van der Waals surface area contributed by atoms with E-state index in [1.807, 2.05) is 0 Å². The Morgan fingerprint density at radius 3 is 2.82 bits per heavy atom. The molecule has 0 atom stereocenters. The fourth-order valence-corrected chi connectivity index (χ4v) is 3.06. The van der Waals surface area contributed by atoms with E-state index in [2.05, 4.69) is 15.1 Å². The monoisotopic (exact) mass is 381 g/mol. The molecular formula is C18H15N5O5. The molecule has 0 amide bonds. The number of nitro benzene ring substituents is 1. The molecule has 0 spiro atoms. The lowest BCUT2D eigenvalue weighted by atomic mass is 10.0. The number of non-ortho nitro benzene ring substituents is 1. The van der Waals surface area contributed by atoms with Crippen molar-refractivity contribution in [3.63, 3.8) is 0 Å². The van der Waals surface area contributed by atoms with Crippen LogP contribution in [0.1, 0.15) is 11.1 Å². The summed E-state index contributed by atoms with van der Waals surface area (Å²) in [5, 5.41) is 35.9. The second kappa shape index (κ2) is 6.67. The van der Waals surface area contributed by atoms with Gasteiger partial charge in [0.25, 0.3) is 5.69 Å². The molecule has 0 fully saturated rings. The highest BCUT2D eigenvalue weighted by Gasteiger charge is 2.30. The second-order valence-electron chi connectivity index (χ2n) is 6.06. The summed E-state index contributed by atoms with van der Waals surface area (Å²) in [5.41, 5.74) is 7.63. The minimum Gasteiger partial charge on any atom is -0.508 e. The van der Waals surface area contributed by atoms with E-state index >= 15 is 0 Å². The third-order valence-corrected chi connectivity index (χ3v) is 4.27. The quantitative estimate of drug-likeness (QED) is 0.301. The smallest absolute Gasteiger partial charge is 0.270 e. The Morgan fingerprint density at radius 2 is 2.07 bits per heavy atom. The van der Waals surface area contributed by atoms with Gasteiger partial charge in [0, 0.05) is 35.1 Å². The average Bonchev–Trinajstić information content (AvgIpc) is 3.17. The molecule has 2 aromatic carbocycles. The van der Waals surface area contributed by atoms with Crippen molar-refractivity contribution in [3.05, 3.63) is 57.6 Å². The zero-order valence-corrected chi connectivity index (χ0v) is 14.4. The Labute approximate surface area is 157 Å². The third-order valence-electron chi connectivity index (χ3n) is 4.27. The van der Waals surface area contributed by atoms with Crippen molar-refractivity contribution < 1.29 is 20.0 Å². The number of H-pyrrole nitrogens is 1. The van der Waals surface area contributed by atoms with Gasteiger partial charge >= 0.3 is 0 Å². The van der Waals surface area contributed by atoms with Gasteiger partial charge in [0.05, 0.1) is 16.2 Å². The number of benzene rings is 2. The number of aromatic amines is 1. The van der Waals surface area contributed by atoms with Gasteiger partial charge in [-0.2, -0.15) is 0 Å². The zero-order chi connectivity index (χ0) is 19.8. The maximum Gasteiger partial charge on any atom is 0.270 e. The number of aromatic hydroxyl groups is 2. The number of hydrogen-bond donors (Lipinski definition) is 4. The van der Waals surface area contributed by atoms with Crippen molar-refractivity contribution in [3.8, 4) is 11.6 Å². The number of nitro groups is 1. The number of nitrogens with zero attached hydrogens (tertiary/aromatic N) is 3. The molecule has 0 radical (unpaired) electrons. The summed E-state index contributed by atoms with van der Waals surface area (Å²) < 4.78 is 0. The highest BCUT2D eigenvalue weighted by atomic mass is 16.6. The number of nitrogens with two attached hydrogens (primary N) is 1. The lowest BCUT2D eigenvalue weighted by molar-refractivity contribution is -0.384. The summed E-state index contributed by atoms with van der Waals surface area (Å²) >= 11 is 0. The number of phenolic OH excluding ortho intramolecular Hbond substituents is 1. The first-order chi connectivity index (χ1) is 13.5. The van der Waals surface area contributed by atoms with Crippen LogP contribution in [0.2, 0.25) is 0 Å². The summed E-state index contributed by atoms with van der Waals surface area (Å²) in [6, 6.07) is 8.75. The molecule has 0 saturated carbocycles. The van der Waals surface area contributed by atoms with Crippen molar-refractivity contribution in [1.82, 2.24) is 4.98 Å². The number of rotatable bonds is 5. The molecular weight excluding hydrogens is 366 g/mol. The number of nitrogens with one attached hydrogen (secondary N) is 1. The first-order valence-electron chi connectivity index (χ1n) is 8.31. The van der Waals surface area contributed by atoms with Crippen LogP contribution in [0.5, 0.6) is 11.6 Å². The van der Waals surface area contributed by atoms with Gasteiger partial charge in [-0.05, 0) is 24.3 Å². The van der Waals surface area contributed by atoms with E-state index in [4.69, 9.17) is 10.6 Å². The fraction of sp³-hybridized carbons (Fsp3) is 0.111. The molecule has 1 aliphatic heterocycles. The van der Waals surface area contributed by atoms with Crippen LogP contribution >= 0.6 is 0 Å². The average molecular weight is 381 g/mol. The van der Waals surface area contributed by atoms with Crippen LogP contribution in [0.25, 0.3) is 10.9 Å². The van der Waals surface area contributed by atoms with Crippen LogP contribution in [-0.4, -0.2) is 44.7 Å². The van der Waals surface area contributed by atoms with Gasteiger partial charge in [-0.1, -0.05) is 5.16 Å². The van der Waals surface area contributed by atoms with E-state index < -0.39 is 4.92 Å². The maximum absolute atomic E-state index is 11.2. The number of aromatic nitrogens is 1. The third kappa shape index (κ3) is 2.81. The molecule has 28 heavy (non-hydrogen) atoms. The van der Waals surface area contributed by atoms with Gasteiger partial charge in [0.1, 0.15) is 23.8 Å². The minimum absolute atomic E-state index is 0.0144. The predicted molar refractivity (Wildman–Crippen MR) is 102 cm³/mol. The molecule has 0 aliphatic carbocycles. The van der Waals surface area contributed by atoms with Crippen LogP contribution in [-0.2, 0) is 4.84 Å². The lowest BCUT2D eigenvalue weighted by Gasteiger charge is -2.05. The molecule has 0 bridgehead atoms. The standard InChI is InChI=1S/C18H15N5O5/c19-5-6-28-22-16-12-8-10(24)2-4-14(12)20-17(16)15-11-7-9(23(26)27)1-3-13(11)21-18(15)25/h1-4,7-8,21,24-25H,5-6,19H2/b22-16+. The summed E-state index contributed by atoms with van der Waals surface area (Å²) in [7, 11) is 0. The molecule has 4 rings (SSSR count). The second-order valence-corrected chi connectivity index (χ2v) is 6.06. The molecule has 2 heterocycles. The largest absolute Gasteiger partial charge is 0.508 e. The minimum atomic E-state index is -0.518. The Kier molecular flexibility index (Phi) is 4.17. The fourth-order valence-electron chi connectivity index (χ4n) is 3.06. The molecule has 1 aromatic heterocycles. The van der Waals surface area contributed by atoms with E-state index in [9.17, 15) is 20.3 Å². The lowest BCUT2D eigenvalue weighted by Crippen LogP contribution is -2.15. The van der Waals surface area contributed by atoms with Crippen LogP contribution in [0.15, 0.2) is 46.5 Å². The van der Waals surface area contributed by atoms with Gasteiger partial charge in [0.15, 0.2) is 5.88 Å². The van der Waals surface area contributed by atoms with Crippen molar-refractivity contribution in [1.29, 1.82) is 0 Å². The first kappa shape index (κ1) is 17.5. The van der Waals surface area contributed by atoms with Gasteiger partial charge in [-0.15, -0.1) is 0 Å². The number of aliphatic imine (C=N–C) groups is 1. The molecule has 10 nitrogen and oxygen atoms in total. The summed E-state index contributed by atoms with van der Waals surface area (Å²) in [6.45, 7) is 0.414. The maximum atomic E-state index is 11.2. The summed E-state index contributed by atoms with van der Waals surface area (Å²) in [4.78, 5) is 23.1. The zero-order valence-electron chi connectivity index (χ0n) is 14.4. The SMILES string of the molecule is NCCO/N=C1/C(c2c(O)[nH]c3ccc([N+](=O)[O-])cc23)=Nc2ccc(O)cc21. The molecule has 0 unspecified atom stereocenters. The van der Waals surface area contributed by atoms with Crippen molar-refractivity contribution in [2.75, 3.05) is 13.2 Å². The normalized spacial score (nSPS) is 14.3. The number of phenols is 1.